The van der Waals surface area contributed by atoms with E-state index in [4.69, 9.17) is 9.84 Å². The largest absolute Gasteiger partial charge is 0.481 e. The third-order valence-electron chi connectivity index (χ3n) is 3.17. The summed E-state index contributed by atoms with van der Waals surface area (Å²) in [6.07, 6.45) is 0.626. The number of ether oxygens (including phenoxy) is 1. The summed E-state index contributed by atoms with van der Waals surface area (Å²) in [6, 6.07) is -0.221. The predicted octanol–water partition coefficient (Wildman–Crippen LogP) is 1.33. The van der Waals surface area contributed by atoms with Crippen molar-refractivity contribution in [3.63, 3.8) is 0 Å². The molecule has 114 valence electrons. The smallest absolute Gasteiger partial charge is 0.317 e. The summed E-state index contributed by atoms with van der Waals surface area (Å²) in [5.41, 5.74) is 0.936. The summed E-state index contributed by atoms with van der Waals surface area (Å²) in [6.45, 7) is 9.75. The van der Waals surface area contributed by atoms with Crippen molar-refractivity contribution in [3.8, 4) is 0 Å². The maximum atomic E-state index is 12.0. The van der Waals surface area contributed by atoms with Crippen LogP contribution in [0.5, 0.6) is 0 Å². The molecule has 20 heavy (non-hydrogen) atoms. The average Bonchev–Trinajstić information content (AvgIpc) is 2.36. The molecule has 0 spiro atoms. The Labute approximate surface area is 119 Å². The molecule has 2 atom stereocenters. The molecule has 2 unspecified atom stereocenters. The van der Waals surface area contributed by atoms with Gasteiger partial charge in [-0.1, -0.05) is 19.1 Å². The highest BCUT2D eigenvalue weighted by molar-refractivity contribution is 5.76. The van der Waals surface area contributed by atoms with Crippen LogP contribution in [-0.4, -0.2) is 54.9 Å². The number of rotatable bonds is 6. The molecular formula is C14H24N2O4. The van der Waals surface area contributed by atoms with E-state index in [1.807, 2.05) is 13.8 Å². The van der Waals surface area contributed by atoms with Gasteiger partial charge in [0.05, 0.1) is 19.1 Å². The molecule has 0 radical (unpaired) electrons. The van der Waals surface area contributed by atoms with Crippen LogP contribution in [-0.2, 0) is 9.53 Å². The lowest BCUT2D eigenvalue weighted by Gasteiger charge is -2.34. The first-order chi connectivity index (χ1) is 9.40. The number of carbonyl (C=O) groups is 2. The third-order valence-corrected chi connectivity index (χ3v) is 3.17. The number of carboxylic acids is 1. The Morgan fingerprint density at radius 1 is 1.45 bits per heavy atom. The van der Waals surface area contributed by atoms with Gasteiger partial charge in [-0.05, 0) is 19.3 Å². The summed E-state index contributed by atoms with van der Waals surface area (Å²) < 4.78 is 5.29. The van der Waals surface area contributed by atoms with Crippen molar-refractivity contribution in [1.82, 2.24) is 10.2 Å². The average molecular weight is 284 g/mol. The molecule has 0 bridgehead atoms. The topological polar surface area (TPSA) is 78.9 Å². The summed E-state index contributed by atoms with van der Waals surface area (Å²) in [4.78, 5) is 24.6. The standard InChI is InChI=1S/C14H24N2O4/c1-10(2)9-20-5-4-15-14(19)16-7-11(3)6-12(8-16)13(17)18/h11-12H,1,4-9H2,2-3H3,(H,15,19)(H,17,18). The van der Waals surface area contributed by atoms with Crippen LogP contribution in [0.1, 0.15) is 20.3 Å². The number of nitrogens with one attached hydrogen (secondary N) is 1. The fourth-order valence-corrected chi connectivity index (χ4v) is 2.28. The highest BCUT2D eigenvalue weighted by Crippen LogP contribution is 2.21. The predicted molar refractivity (Wildman–Crippen MR) is 75.5 cm³/mol. The molecule has 2 N–H and O–H groups in total. The number of hydrogen-bond acceptors (Lipinski definition) is 3. The number of urea groups is 1. The highest BCUT2D eigenvalue weighted by atomic mass is 16.5. The lowest BCUT2D eigenvalue weighted by atomic mass is 9.91. The minimum Gasteiger partial charge on any atom is -0.481 e. The van der Waals surface area contributed by atoms with Gasteiger partial charge in [0.1, 0.15) is 0 Å². The zero-order valence-electron chi connectivity index (χ0n) is 12.2. The van der Waals surface area contributed by atoms with E-state index in [9.17, 15) is 9.59 Å². The number of nitrogens with zero attached hydrogens (tertiary/aromatic N) is 1. The monoisotopic (exact) mass is 284 g/mol. The Kier molecular flexibility index (Phi) is 6.51. The number of amides is 2. The van der Waals surface area contributed by atoms with E-state index >= 15 is 0 Å². The molecule has 0 aromatic carbocycles. The second kappa shape index (κ2) is 7.89. The zero-order valence-corrected chi connectivity index (χ0v) is 12.2. The van der Waals surface area contributed by atoms with Crippen molar-refractivity contribution in [1.29, 1.82) is 0 Å². The first-order valence-electron chi connectivity index (χ1n) is 6.87. The van der Waals surface area contributed by atoms with E-state index < -0.39 is 11.9 Å². The van der Waals surface area contributed by atoms with Crippen molar-refractivity contribution >= 4 is 12.0 Å². The van der Waals surface area contributed by atoms with E-state index in [1.165, 1.54) is 0 Å². The highest BCUT2D eigenvalue weighted by Gasteiger charge is 2.31. The molecule has 6 nitrogen and oxygen atoms in total. The van der Waals surface area contributed by atoms with Gasteiger partial charge in [0.15, 0.2) is 0 Å². The Morgan fingerprint density at radius 3 is 2.75 bits per heavy atom. The van der Waals surface area contributed by atoms with Gasteiger partial charge in [-0.3, -0.25) is 4.79 Å². The van der Waals surface area contributed by atoms with Crippen LogP contribution in [0.15, 0.2) is 12.2 Å². The molecule has 1 aliphatic rings. The van der Waals surface area contributed by atoms with Crippen LogP contribution >= 0.6 is 0 Å². The van der Waals surface area contributed by atoms with Crippen LogP contribution in [0.25, 0.3) is 0 Å². The number of piperidine rings is 1. The first-order valence-corrected chi connectivity index (χ1v) is 6.87. The minimum absolute atomic E-state index is 0.204. The quantitative estimate of drug-likeness (QED) is 0.570. The molecule has 2 amide bonds. The van der Waals surface area contributed by atoms with E-state index in [2.05, 4.69) is 11.9 Å². The van der Waals surface area contributed by atoms with Crippen molar-refractivity contribution in [2.45, 2.75) is 20.3 Å². The Bertz CT molecular complexity index is 370. The van der Waals surface area contributed by atoms with Gasteiger partial charge in [-0.2, -0.15) is 0 Å². The maximum absolute atomic E-state index is 12.0. The molecule has 1 heterocycles. The lowest BCUT2D eigenvalue weighted by molar-refractivity contribution is -0.143. The van der Waals surface area contributed by atoms with Crippen molar-refractivity contribution < 1.29 is 19.4 Å². The summed E-state index contributed by atoms with van der Waals surface area (Å²) in [5.74, 6) is -1.10. The van der Waals surface area contributed by atoms with Crippen LogP contribution in [0.2, 0.25) is 0 Å². The van der Waals surface area contributed by atoms with Crippen LogP contribution in [0.4, 0.5) is 4.79 Å². The Morgan fingerprint density at radius 2 is 2.15 bits per heavy atom. The maximum Gasteiger partial charge on any atom is 0.317 e. The van der Waals surface area contributed by atoms with Crippen molar-refractivity contribution in [3.05, 3.63) is 12.2 Å². The summed E-state index contributed by atoms with van der Waals surface area (Å²) >= 11 is 0. The van der Waals surface area contributed by atoms with Gasteiger partial charge in [-0.15, -0.1) is 0 Å². The number of aliphatic carboxylic acids is 1. The number of carbonyl (C=O) groups excluding carboxylic acids is 1. The molecule has 1 saturated heterocycles. The molecule has 6 heteroatoms. The van der Waals surface area contributed by atoms with E-state index in [0.717, 1.165) is 5.57 Å². The first kappa shape index (κ1) is 16.5. The molecule has 0 aliphatic carbocycles. The van der Waals surface area contributed by atoms with Crippen LogP contribution in [0, 0.1) is 11.8 Å². The fraction of sp³-hybridized carbons (Fsp3) is 0.714. The van der Waals surface area contributed by atoms with Gasteiger partial charge in [0.25, 0.3) is 0 Å². The number of hydrogen-bond donors (Lipinski definition) is 2. The van der Waals surface area contributed by atoms with Gasteiger partial charge in [-0.25, -0.2) is 4.79 Å². The Balaban J connectivity index is 2.31. The molecule has 1 rings (SSSR count). The summed E-state index contributed by atoms with van der Waals surface area (Å²) in [5, 5.41) is 11.8. The van der Waals surface area contributed by atoms with Crippen molar-refractivity contribution in [2.75, 3.05) is 32.8 Å². The lowest BCUT2D eigenvalue weighted by Crippen LogP contribution is -2.50. The molecule has 1 aliphatic heterocycles. The number of likely N-dealkylation sites (tertiary alicyclic amines) is 1. The molecular weight excluding hydrogens is 260 g/mol. The minimum atomic E-state index is -0.834. The van der Waals surface area contributed by atoms with Gasteiger partial charge >= 0.3 is 12.0 Å². The number of carboxylic acid groups (broad SMARTS) is 1. The van der Waals surface area contributed by atoms with Gasteiger partial charge in [0.2, 0.25) is 0 Å². The van der Waals surface area contributed by atoms with E-state index in [-0.39, 0.29) is 18.5 Å². The van der Waals surface area contributed by atoms with Crippen molar-refractivity contribution in [2.24, 2.45) is 11.8 Å². The molecule has 0 aromatic rings. The van der Waals surface area contributed by atoms with Gasteiger partial charge < -0.3 is 20.1 Å². The van der Waals surface area contributed by atoms with Gasteiger partial charge in [0, 0.05) is 19.6 Å². The third kappa shape index (κ3) is 5.61. The van der Waals surface area contributed by atoms with E-state index in [1.54, 1.807) is 4.90 Å². The van der Waals surface area contributed by atoms with Crippen LogP contribution in [0.3, 0.4) is 0 Å². The normalized spacial score (nSPS) is 22.4. The SMILES string of the molecule is C=C(C)COCCNC(=O)N1CC(C)CC(C(=O)O)C1. The fourth-order valence-electron chi connectivity index (χ4n) is 2.28. The Hall–Kier alpha value is -1.56. The molecule has 0 aromatic heterocycles. The second-order valence-electron chi connectivity index (χ2n) is 5.52. The summed E-state index contributed by atoms with van der Waals surface area (Å²) in [7, 11) is 0. The van der Waals surface area contributed by atoms with E-state index in [0.29, 0.717) is 32.7 Å². The zero-order chi connectivity index (χ0) is 15.1. The molecule has 1 fully saturated rings. The molecule has 0 saturated carbocycles. The second-order valence-corrected chi connectivity index (χ2v) is 5.52. The van der Waals surface area contributed by atoms with Crippen LogP contribution < -0.4 is 5.32 Å².